The van der Waals surface area contributed by atoms with Gasteiger partial charge < -0.3 is 9.47 Å². The Morgan fingerprint density at radius 3 is 2.43 bits per heavy atom. The Balaban J connectivity index is 1.80. The molecule has 0 N–H and O–H groups in total. The third-order valence-corrected chi connectivity index (χ3v) is 4.18. The van der Waals surface area contributed by atoms with Crippen molar-refractivity contribution >= 4 is 19.9 Å². The van der Waals surface area contributed by atoms with Crippen LogP contribution in [0.4, 0.5) is 0 Å². The van der Waals surface area contributed by atoms with E-state index in [-0.39, 0.29) is 12.6 Å². The predicted molar refractivity (Wildman–Crippen MR) is 86.7 cm³/mol. The number of esters is 1. The molecule has 2 aromatic rings. The lowest BCUT2D eigenvalue weighted by atomic mass is 10.2. The molecule has 0 fully saturated rings. The average Bonchev–Trinajstić information content (AvgIpc) is 2.53. The van der Waals surface area contributed by atoms with Crippen LogP contribution in [0.15, 0.2) is 54.6 Å². The van der Waals surface area contributed by atoms with E-state index in [4.69, 9.17) is 9.47 Å². The van der Waals surface area contributed by atoms with E-state index in [1.807, 2.05) is 30.3 Å². The molecule has 0 radical (unpaired) electrons. The molecule has 2 aromatic carbocycles. The number of ether oxygens (including phenoxy) is 2. The van der Waals surface area contributed by atoms with Crippen LogP contribution in [0.5, 0.6) is 5.75 Å². The lowest BCUT2D eigenvalue weighted by Crippen LogP contribution is -2.14. The van der Waals surface area contributed by atoms with Crippen molar-refractivity contribution in [3.05, 3.63) is 60.2 Å². The molecular weight excluding hydrogens is 283 g/mol. The van der Waals surface area contributed by atoms with Gasteiger partial charge in [-0.3, -0.25) is 0 Å². The molecule has 4 heteroatoms. The van der Waals surface area contributed by atoms with Crippen LogP contribution in [0, 0.1) is 0 Å². The topological polar surface area (TPSA) is 35.5 Å². The molecule has 0 aliphatic heterocycles. The molecule has 1 atom stereocenters. The normalized spacial score (nSPS) is 10.7. The summed E-state index contributed by atoms with van der Waals surface area (Å²) < 4.78 is 10.2. The Labute approximate surface area is 127 Å². The van der Waals surface area contributed by atoms with Gasteiger partial charge in [-0.2, -0.15) is 0 Å². The molecule has 0 spiro atoms. The lowest BCUT2D eigenvalue weighted by Gasteiger charge is -2.07. The molecule has 110 valence electrons. The predicted octanol–water partition coefficient (Wildman–Crippen LogP) is 3.13. The third kappa shape index (κ3) is 5.57. The van der Waals surface area contributed by atoms with Crippen molar-refractivity contribution in [2.75, 3.05) is 13.2 Å². The summed E-state index contributed by atoms with van der Waals surface area (Å²) in [6.45, 7) is 2.11. The van der Waals surface area contributed by atoms with Crippen LogP contribution in [0.1, 0.15) is 12.5 Å². The number of rotatable bonds is 7. The van der Waals surface area contributed by atoms with Gasteiger partial charge in [-0.1, -0.05) is 51.0 Å². The molecule has 0 aliphatic carbocycles. The number of hydrogen-bond donors (Lipinski definition) is 0. The van der Waals surface area contributed by atoms with E-state index in [0.717, 1.165) is 14.7 Å². The van der Waals surface area contributed by atoms with Gasteiger partial charge >= 0.3 is 5.97 Å². The van der Waals surface area contributed by atoms with Gasteiger partial charge in [0.2, 0.25) is 0 Å². The second-order valence-electron chi connectivity index (χ2n) is 4.46. The van der Waals surface area contributed by atoms with Crippen LogP contribution in [-0.4, -0.2) is 19.2 Å². The van der Waals surface area contributed by atoms with Crippen molar-refractivity contribution in [1.82, 2.24) is 0 Å². The number of hydrogen-bond acceptors (Lipinski definition) is 3. The summed E-state index contributed by atoms with van der Waals surface area (Å²) >= 11 is 0. The first kappa shape index (κ1) is 15.5. The van der Waals surface area contributed by atoms with Crippen molar-refractivity contribution in [2.45, 2.75) is 13.1 Å². The van der Waals surface area contributed by atoms with Gasteiger partial charge in [0.1, 0.15) is 5.75 Å². The maximum atomic E-state index is 11.2. The monoisotopic (exact) mass is 302 g/mol. The molecule has 0 aromatic heterocycles. The molecule has 0 aliphatic rings. The fourth-order valence-electron chi connectivity index (χ4n) is 1.81. The maximum Gasteiger partial charge on any atom is 0.344 e. The summed E-state index contributed by atoms with van der Waals surface area (Å²) in [7, 11) is 0.761. The Morgan fingerprint density at radius 1 is 1.05 bits per heavy atom. The van der Waals surface area contributed by atoms with Crippen molar-refractivity contribution in [3.8, 4) is 5.75 Å². The van der Waals surface area contributed by atoms with Crippen LogP contribution in [-0.2, 0) is 15.7 Å². The van der Waals surface area contributed by atoms with E-state index in [0.29, 0.717) is 12.4 Å². The SMILES string of the molecule is CCOC(=O)COc1ccc(CPc2ccccc2)cc1. The van der Waals surface area contributed by atoms with Crippen LogP contribution in [0.2, 0.25) is 0 Å². The largest absolute Gasteiger partial charge is 0.482 e. The van der Waals surface area contributed by atoms with Gasteiger partial charge in [0, 0.05) is 0 Å². The second kappa shape index (κ2) is 8.43. The standard InChI is InChI=1S/C17H19O3P/c1-2-19-17(18)12-20-15-10-8-14(9-11-15)13-21-16-6-4-3-5-7-16/h3-11,21H,2,12-13H2,1H3. The molecular formula is C17H19O3P. The van der Waals surface area contributed by atoms with Crippen LogP contribution in [0.3, 0.4) is 0 Å². The van der Waals surface area contributed by atoms with Crippen molar-refractivity contribution in [3.63, 3.8) is 0 Å². The lowest BCUT2D eigenvalue weighted by molar-refractivity contribution is -0.145. The minimum atomic E-state index is -0.341. The summed E-state index contributed by atoms with van der Waals surface area (Å²) in [5.74, 6) is 0.349. The highest BCUT2D eigenvalue weighted by molar-refractivity contribution is 7.46. The fraction of sp³-hybridized carbons (Fsp3) is 0.235. The summed E-state index contributed by atoms with van der Waals surface area (Å²) in [5.41, 5.74) is 1.26. The van der Waals surface area contributed by atoms with E-state index in [2.05, 4.69) is 24.3 Å². The summed E-state index contributed by atoms with van der Waals surface area (Å²) in [6.07, 6.45) is 1.02. The second-order valence-corrected chi connectivity index (χ2v) is 5.74. The van der Waals surface area contributed by atoms with Gasteiger partial charge in [0.25, 0.3) is 0 Å². The molecule has 3 nitrogen and oxygen atoms in total. The highest BCUT2D eigenvalue weighted by Crippen LogP contribution is 2.20. The molecule has 1 unspecified atom stereocenters. The zero-order valence-electron chi connectivity index (χ0n) is 12.0. The molecule has 0 amide bonds. The minimum Gasteiger partial charge on any atom is -0.482 e. The third-order valence-electron chi connectivity index (χ3n) is 2.86. The minimum absolute atomic E-state index is 0.0427. The first-order chi connectivity index (χ1) is 10.3. The summed E-state index contributed by atoms with van der Waals surface area (Å²) in [4.78, 5) is 11.2. The van der Waals surface area contributed by atoms with Crippen LogP contribution < -0.4 is 10.0 Å². The Bertz CT molecular complexity index is 552. The molecule has 0 saturated heterocycles. The molecule has 2 rings (SSSR count). The maximum absolute atomic E-state index is 11.2. The van der Waals surface area contributed by atoms with E-state index in [1.54, 1.807) is 6.92 Å². The van der Waals surface area contributed by atoms with Crippen LogP contribution >= 0.6 is 8.58 Å². The molecule has 21 heavy (non-hydrogen) atoms. The fourth-order valence-corrected chi connectivity index (χ4v) is 2.88. The molecule has 0 heterocycles. The van der Waals surface area contributed by atoms with Gasteiger partial charge in [-0.15, -0.1) is 0 Å². The highest BCUT2D eigenvalue weighted by atomic mass is 31.1. The molecule has 0 saturated carbocycles. The number of carbonyl (C=O) groups is 1. The van der Waals surface area contributed by atoms with E-state index < -0.39 is 0 Å². The van der Waals surface area contributed by atoms with Gasteiger partial charge in [0.05, 0.1) is 6.61 Å². The van der Waals surface area contributed by atoms with E-state index in [9.17, 15) is 4.79 Å². The zero-order valence-corrected chi connectivity index (χ0v) is 13.0. The Morgan fingerprint density at radius 2 is 1.76 bits per heavy atom. The zero-order chi connectivity index (χ0) is 14.9. The number of benzene rings is 2. The van der Waals surface area contributed by atoms with Gasteiger partial charge in [-0.05, 0) is 36.1 Å². The van der Waals surface area contributed by atoms with Crippen molar-refractivity contribution in [2.24, 2.45) is 0 Å². The van der Waals surface area contributed by atoms with Gasteiger partial charge in [0.15, 0.2) is 6.61 Å². The molecule has 0 bridgehead atoms. The first-order valence-corrected chi connectivity index (χ1v) is 8.15. The quantitative estimate of drug-likeness (QED) is 0.582. The highest BCUT2D eigenvalue weighted by Gasteiger charge is 2.03. The Hall–Kier alpha value is -1.86. The first-order valence-electron chi connectivity index (χ1n) is 6.94. The average molecular weight is 302 g/mol. The summed E-state index contributed by atoms with van der Waals surface area (Å²) in [5, 5.41) is 1.36. The van der Waals surface area contributed by atoms with Crippen LogP contribution in [0.25, 0.3) is 0 Å². The van der Waals surface area contributed by atoms with Gasteiger partial charge in [-0.25, -0.2) is 4.79 Å². The van der Waals surface area contributed by atoms with Crippen molar-refractivity contribution in [1.29, 1.82) is 0 Å². The summed E-state index contributed by atoms with van der Waals surface area (Å²) in [6, 6.07) is 18.3. The van der Waals surface area contributed by atoms with E-state index in [1.165, 1.54) is 10.9 Å². The smallest absolute Gasteiger partial charge is 0.344 e. The van der Waals surface area contributed by atoms with Crippen molar-refractivity contribution < 1.29 is 14.3 Å². The Kier molecular flexibility index (Phi) is 6.23. The van der Waals surface area contributed by atoms with E-state index >= 15 is 0 Å². The number of carbonyl (C=O) groups excluding carboxylic acids is 1.